The molecule has 2 aromatic rings. The van der Waals surface area contributed by atoms with Gasteiger partial charge in [0.1, 0.15) is 5.75 Å². The van der Waals surface area contributed by atoms with Gasteiger partial charge < -0.3 is 4.74 Å². The highest BCUT2D eigenvalue weighted by molar-refractivity contribution is 6.32. The molecule has 1 radical (unpaired) electrons. The molecule has 1 fully saturated rings. The van der Waals surface area contributed by atoms with Crippen LogP contribution >= 0.6 is 11.6 Å². The van der Waals surface area contributed by atoms with Gasteiger partial charge >= 0.3 is 0 Å². The Morgan fingerprint density at radius 2 is 2.00 bits per heavy atom. The minimum absolute atomic E-state index is 0.298. The molecule has 1 aliphatic carbocycles. The number of hydrogen-bond donors (Lipinski definition) is 0. The van der Waals surface area contributed by atoms with Gasteiger partial charge in [0, 0.05) is 17.8 Å². The molecule has 1 aromatic carbocycles. The summed E-state index contributed by atoms with van der Waals surface area (Å²) in [6.07, 6.45) is 10.7. The second kappa shape index (κ2) is 5.15. The Labute approximate surface area is 112 Å². The lowest BCUT2D eigenvalue weighted by Crippen LogP contribution is -2.19. The van der Waals surface area contributed by atoms with Gasteiger partial charge in [-0.15, -0.1) is 0 Å². The van der Waals surface area contributed by atoms with E-state index in [1.54, 1.807) is 6.20 Å². The van der Waals surface area contributed by atoms with Crippen molar-refractivity contribution in [2.45, 2.75) is 31.8 Å². The van der Waals surface area contributed by atoms with Crippen molar-refractivity contribution in [1.82, 2.24) is 4.98 Å². The predicted octanol–water partition coefficient (Wildman–Crippen LogP) is 4.41. The van der Waals surface area contributed by atoms with E-state index in [-0.39, 0.29) is 0 Å². The largest absolute Gasteiger partial charge is 0.489 e. The third-order valence-electron chi connectivity index (χ3n) is 3.37. The first-order chi connectivity index (χ1) is 8.83. The fraction of sp³-hybridized carbons (Fsp3) is 0.333. The topological polar surface area (TPSA) is 22.1 Å². The zero-order chi connectivity index (χ0) is 12.4. The smallest absolute Gasteiger partial charge is 0.138 e. The standard InChI is InChI=1S/C15H15ClNO/c16-14-8-12-10-17-7-6-11(12)9-15(14)18-13-4-2-1-3-5-13/h1,6-10,13H,2-5H2. The van der Waals surface area contributed by atoms with Crippen molar-refractivity contribution < 1.29 is 4.74 Å². The highest BCUT2D eigenvalue weighted by Gasteiger charge is 2.16. The molecule has 0 spiro atoms. The summed E-state index contributed by atoms with van der Waals surface area (Å²) in [5.74, 6) is 0.794. The van der Waals surface area contributed by atoms with Crippen LogP contribution in [0.15, 0.2) is 30.6 Å². The van der Waals surface area contributed by atoms with Crippen LogP contribution in [0.4, 0.5) is 0 Å². The van der Waals surface area contributed by atoms with Gasteiger partial charge in [-0.3, -0.25) is 4.98 Å². The summed E-state index contributed by atoms with van der Waals surface area (Å²) in [7, 11) is 0. The van der Waals surface area contributed by atoms with Gasteiger partial charge in [0.25, 0.3) is 0 Å². The van der Waals surface area contributed by atoms with Gasteiger partial charge in [-0.1, -0.05) is 11.6 Å². The first-order valence-corrected chi connectivity index (χ1v) is 6.72. The molecule has 1 aliphatic rings. The Morgan fingerprint density at radius 1 is 1.17 bits per heavy atom. The summed E-state index contributed by atoms with van der Waals surface area (Å²) >= 11 is 6.26. The average Bonchev–Trinajstić information content (AvgIpc) is 2.41. The normalized spacial score (nSPS) is 16.9. The summed E-state index contributed by atoms with van der Waals surface area (Å²) in [5.41, 5.74) is 0. The minimum atomic E-state index is 0.298. The molecule has 0 aliphatic heterocycles. The molecule has 1 heterocycles. The van der Waals surface area contributed by atoms with Crippen molar-refractivity contribution in [3.05, 3.63) is 42.0 Å². The van der Waals surface area contributed by atoms with Crippen LogP contribution < -0.4 is 4.74 Å². The van der Waals surface area contributed by atoms with E-state index < -0.39 is 0 Å². The molecule has 0 saturated heterocycles. The monoisotopic (exact) mass is 260 g/mol. The first-order valence-electron chi connectivity index (χ1n) is 6.34. The molecule has 2 nitrogen and oxygen atoms in total. The third kappa shape index (κ3) is 2.44. The number of pyridine rings is 1. The average molecular weight is 261 g/mol. The van der Waals surface area contributed by atoms with E-state index in [0.717, 1.165) is 42.2 Å². The van der Waals surface area contributed by atoms with Crippen LogP contribution in [0.3, 0.4) is 0 Å². The Balaban J connectivity index is 1.88. The maximum Gasteiger partial charge on any atom is 0.138 e. The maximum atomic E-state index is 6.26. The molecule has 18 heavy (non-hydrogen) atoms. The van der Waals surface area contributed by atoms with Crippen LogP contribution in [0.5, 0.6) is 5.75 Å². The Bertz CT molecular complexity index is 549. The first kappa shape index (κ1) is 11.8. The van der Waals surface area contributed by atoms with Crippen LogP contribution in [0, 0.1) is 6.42 Å². The van der Waals surface area contributed by atoms with Gasteiger partial charge in [-0.05, 0) is 55.7 Å². The van der Waals surface area contributed by atoms with Crippen LogP contribution in [-0.2, 0) is 0 Å². The van der Waals surface area contributed by atoms with Crippen molar-refractivity contribution in [2.75, 3.05) is 0 Å². The van der Waals surface area contributed by atoms with Crippen molar-refractivity contribution in [1.29, 1.82) is 0 Å². The second-order valence-corrected chi connectivity index (χ2v) is 5.10. The van der Waals surface area contributed by atoms with Gasteiger partial charge in [0.15, 0.2) is 0 Å². The number of rotatable bonds is 2. The molecule has 1 saturated carbocycles. The summed E-state index contributed by atoms with van der Waals surface area (Å²) in [5, 5.41) is 2.84. The summed E-state index contributed by atoms with van der Waals surface area (Å²) in [4.78, 5) is 4.10. The number of halogens is 1. The van der Waals surface area contributed by atoms with Gasteiger partial charge in [-0.2, -0.15) is 0 Å². The lowest BCUT2D eigenvalue weighted by Gasteiger charge is -2.23. The quantitative estimate of drug-likeness (QED) is 0.798. The fourth-order valence-corrected chi connectivity index (χ4v) is 2.59. The second-order valence-electron chi connectivity index (χ2n) is 4.69. The highest BCUT2D eigenvalue weighted by atomic mass is 35.5. The van der Waals surface area contributed by atoms with Crippen LogP contribution in [0.1, 0.15) is 25.7 Å². The molecule has 1 aromatic heterocycles. The Hall–Kier alpha value is -1.28. The lowest BCUT2D eigenvalue weighted by molar-refractivity contribution is 0.168. The number of nitrogens with zero attached hydrogens (tertiary/aromatic N) is 1. The van der Waals surface area contributed by atoms with Crippen molar-refractivity contribution in [3.63, 3.8) is 0 Å². The van der Waals surface area contributed by atoms with E-state index in [1.807, 2.05) is 24.4 Å². The molecular weight excluding hydrogens is 246 g/mol. The third-order valence-corrected chi connectivity index (χ3v) is 3.67. The Morgan fingerprint density at radius 3 is 2.83 bits per heavy atom. The van der Waals surface area contributed by atoms with Crippen LogP contribution in [0.25, 0.3) is 10.8 Å². The summed E-state index contributed by atoms with van der Waals surface area (Å²) < 4.78 is 6.02. The van der Waals surface area contributed by atoms with Crippen molar-refractivity contribution in [2.24, 2.45) is 0 Å². The minimum Gasteiger partial charge on any atom is -0.489 e. The van der Waals surface area contributed by atoms with E-state index in [0.29, 0.717) is 11.1 Å². The Kier molecular flexibility index (Phi) is 3.37. The zero-order valence-electron chi connectivity index (χ0n) is 10.1. The molecule has 3 rings (SSSR count). The maximum absolute atomic E-state index is 6.26. The van der Waals surface area contributed by atoms with E-state index in [4.69, 9.17) is 16.3 Å². The van der Waals surface area contributed by atoms with Crippen LogP contribution in [-0.4, -0.2) is 11.1 Å². The van der Waals surface area contributed by atoms with E-state index >= 15 is 0 Å². The molecule has 0 amide bonds. The number of benzene rings is 1. The van der Waals surface area contributed by atoms with Crippen LogP contribution in [0.2, 0.25) is 5.02 Å². The predicted molar refractivity (Wildman–Crippen MR) is 73.9 cm³/mol. The molecule has 3 heteroatoms. The van der Waals surface area contributed by atoms with E-state index in [2.05, 4.69) is 11.4 Å². The van der Waals surface area contributed by atoms with Gasteiger partial charge in [0.05, 0.1) is 11.1 Å². The van der Waals surface area contributed by atoms with Crippen molar-refractivity contribution in [3.8, 4) is 5.75 Å². The molecule has 93 valence electrons. The lowest BCUT2D eigenvalue weighted by atomic mass is 9.98. The summed E-state index contributed by atoms with van der Waals surface area (Å²) in [6, 6.07) is 5.92. The highest BCUT2D eigenvalue weighted by Crippen LogP contribution is 2.32. The van der Waals surface area contributed by atoms with Gasteiger partial charge in [0.2, 0.25) is 0 Å². The summed E-state index contributed by atoms with van der Waals surface area (Å²) in [6.45, 7) is 0. The molecular formula is C15H15ClNO. The molecule has 0 N–H and O–H groups in total. The number of ether oxygens (including phenoxy) is 1. The number of hydrogen-bond acceptors (Lipinski definition) is 2. The fourth-order valence-electron chi connectivity index (χ4n) is 2.37. The molecule has 0 atom stereocenters. The molecule has 0 unspecified atom stereocenters. The van der Waals surface area contributed by atoms with Crippen molar-refractivity contribution >= 4 is 22.4 Å². The zero-order valence-corrected chi connectivity index (χ0v) is 10.9. The number of fused-ring (bicyclic) bond motifs is 1. The number of aromatic nitrogens is 1. The SMILES string of the molecule is Clc1cc2cnccc2cc1OC1CC[CH]CC1. The molecule has 0 bridgehead atoms. The van der Waals surface area contributed by atoms with Gasteiger partial charge in [-0.25, -0.2) is 0 Å². The van der Waals surface area contributed by atoms with E-state index in [9.17, 15) is 0 Å². The van der Waals surface area contributed by atoms with E-state index in [1.165, 1.54) is 0 Å².